The predicted molar refractivity (Wildman–Crippen MR) is 77.1 cm³/mol. The van der Waals surface area contributed by atoms with E-state index in [1.54, 1.807) is 0 Å². The summed E-state index contributed by atoms with van der Waals surface area (Å²) in [5.74, 6) is 0.734. The zero-order valence-electron chi connectivity index (χ0n) is 11.0. The summed E-state index contributed by atoms with van der Waals surface area (Å²) in [5, 5.41) is 8.49. The van der Waals surface area contributed by atoms with Crippen LogP contribution in [-0.4, -0.2) is 4.98 Å². The van der Waals surface area contributed by atoms with Crippen LogP contribution in [-0.2, 0) is 6.54 Å². The fourth-order valence-corrected chi connectivity index (χ4v) is 1.95. The van der Waals surface area contributed by atoms with E-state index in [0.29, 0.717) is 0 Å². The smallest absolute Gasteiger partial charge is 0.244 e. The van der Waals surface area contributed by atoms with Gasteiger partial charge in [0.15, 0.2) is 0 Å². The van der Waals surface area contributed by atoms with Crippen LogP contribution < -0.4 is 4.57 Å². The van der Waals surface area contributed by atoms with Crippen LogP contribution in [0.3, 0.4) is 0 Å². The average molecular weight is 263 g/mol. The Balaban J connectivity index is 1.79. The standard InChI is InChI=1S/C16H14N4/c1-3-7-14(8-4-1)13-20-12-11-17-16(20)19-18-15-9-5-2-6-10-15/h1-12H,13H2/p+1. The third-order valence-corrected chi connectivity index (χ3v) is 2.95. The van der Waals surface area contributed by atoms with Gasteiger partial charge in [0.2, 0.25) is 0 Å². The molecule has 1 N–H and O–H groups in total. The van der Waals surface area contributed by atoms with Crippen LogP contribution in [0.15, 0.2) is 83.3 Å². The molecule has 4 heteroatoms. The molecule has 0 amide bonds. The van der Waals surface area contributed by atoms with Gasteiger partial charge in [-0.15, -0.1) is 0 Å². The van der Waals surface area contributed by atoms with E-state index in [9.17, 15) is 0 Å². The maximum Gasteiger partial charge on any atom is 0.419 e. The Hall–Kier alpha value is -2.75. The van der Waals surface area contributed by atoms with Crippen molar-refractivity contribution in [3.8, 4) is 0 Å². The van der Waals surface area contributed by atoms with Crippen LogP contribution in [0.4, 0.5) is 11.6 Å². The van der Waals surface area contributed by atoms with Crippen LogP contribution in [0, 0.1) is 0 Å². The summed E-state index contributed by atoms with van der Waals surface area (Å²) in [5.41, 5.74) is 2.07. The molecule has 0 atom stereocenters. The van der Waals surface area contributed by atoms with Gasteiger partial charge < -0.3 is 0 Å². The molecule has 0 radical (unpaired) electrons. The number of nitrogens with zero attached hydrogens (tertiary/aromatic N) is 3. The minimum Gasteiger partial charge on any atom is -0.244 e. The molecule has 0 aliphatic carbocycles. The Labute approximate surface area is 117 Å². The number of hydrogen-bond donors (Lipinski definition) is 1. The third kappa shape index (κ3) is 2.98. The number of azo groups is 1. The Morgan fingerprint density at radius 1 is 0.850 bits per heavy atom. The Morgan fingerprint density at radius 2 is 1.55 bits per heavy atom. The largest absolute Gasteiger partial charge is 0.419 e. The molecule has 0 aliphatic rings. The molecule has 20 heavy (non-hydrogen) atoms. The Morgan fingerprint density at radius 3 is 2.30 bits per heavy atom. The van der Waals surface area contributed by atoms with Crippen LogP contribution in [0.5, 0.6) is 0 Å². The minimum atomic E-state index is 0.734. The van der Waals surface area contributed by atoms with Gasteiger partial charge in [-0.1, -0.05) is 53.6 Å². The molecule has 3 aromatic rings. The lowest BCUT2D eigenvalue weighted by atomic mass is 10.2. The van der Waals surface area contributed by atoms with Gasteiger partial charge in [-0.05, 0) is 17.7 Å². The molecule has 0 fully saturated rings. The molecule has 4 nitrogen and oxygen atoms in total. The highest BCUT2D eigenvalue weighted by Gasteiger charge is 2.10. The zero-order valence-corrected chi connectivity index (χ0v) is 11.0. The number of aromatic nitrogens is 2. The highest BCUT2D eigenvalue weighted by molar-refractivity contribution is 5.35. The van der Waals surface area contributed by atoms with E-state index in [1.807, 2.05) is 65.5 Å². The number of rotatable bonds is 4. The fourth-order valence-electron chi connectivity index (χ4n) is 1.95. The Kier molecular flexibility index (Phi) is 3.64. The maximum atomic E-state index is 4.27. The van der Waals surface area contributed by atoms with Gasteiger partial charge >= 0.3 is 5.95 Å². The van der Waals surface area contributed by atoms with Gasteiger partial charge in [-0.2, -0.15) is 0 Å². The summed E-state index contributed by atoms with van der Waals surface area (Å²) in [7, 11) is 0. The molecular weight excluding hydrogens is 248 g/mol. The van der Waals surface area contributed by atoms with Crippen LogP contribution in [0.2, 0.25) is 0 Å². The second kappa shape index (κ2) is 5.93. The normalized spacial score (nSPS) is 11.0. The topological polar surface area (TPSA) is 44.4 Å². The second-order valence-electron chi connectivity index (χ2n) is 4.43. The number of imidazole rings is 1. The van der Waals surface area contributed by atoms with Crippen molar-refractivity contribution in [1.29, 1.82) is 0 Å². The summed E-state index contributed by atoms with van der Waals surface area (Å²) in [6.45, 7) is 0.771. The van der Waals surface area contributed by atoms with Crippen molar-refractivity contribution in [2.75, 3.05) is 0 Å². The first kappa shape index (κ1) is 12.3. The number of nitrogens with one attached hydrogen (secondary N) is 1. The summed E-state index contributed by atoms with van der Waals surface area (Å²) in [6, 6.07) is 20.0. The summed E-state index contributed by atoms with van der Waals surface area (Å²) < 4.78 is 2.03. The molecule has 1 aromatic heterocycles. The number of hydrogen-bond acceptors (Lipinski definition) is 2. The van der Waals surface area contributed by atoms with Gasteiger partial charge in [0, 0.05) is 5.11 Å². The van der Waals surface area contributed by atoms with Crippen molar-refractivity contribution in [2.45, 2.75) is 6.54 Å². The van der Waals surface area contributed by atoms with Crippen molar-refractivity contribution in [3.63, 3.8) is 0 Å². The van der Waals surface area contributed by atoms with Gasteiger partial charge in [0.25, 0.3) is 0 Å². The summed E-state index contributed by atoms with van der Waals surface area (Å²) >= 11 is 0. The first-order valence-electron chi connectivity index (χ1n) is 6.49. The van der Waals surface area contributed by atoms with Crippen molar-refractivity contribution in [1.82, 2.24) is 4.98 Å². The predicted octanol–water partition coefficient (Wildman–Crippen LogP) is 3.77. The molecule has 0 spiro atoms. The molecule has 0 bridgehead atoms. The lowest BCUT2D eigenvalue weighted by molar-refractivity contribution is -0.674. The van der Waals surface area contributed by atoms with Gasteiger partial charge in [0.05, 0.1) is 18.9 Å². The SMILES string of the molecule is c1ccc(C[n+]2cc[nH]c2N=Nc2ccccc2)cc1. The molecular formula is C16H15N4+. The van der Waals surface area contributed by atoms with Crippen LogP contribution in [0.25, 0.3) is 0 Å². The van der Waals surface area contributed by atoms with Gasteiger partial charge in [0.1, 0.15) is 5.69 Å². The average Bonchev–Trinajstić information content (AvgIpc) is 2.94. The van der Waals surface area contributed by atoms with E-state index in [4.69, 9.17) is 0 Å². The zero-order chi connectivity index (χ0) is 13.6. The summed E-state index contributed by atoms with van der Waals surface area (Å²) in [6.07, 6.45) is 3.83. The van der Waals surface area contributed by atoms with E-state index in [1.165, 1.54) is 5.56 Å². The van der Waals surface area contributed by atoms with E-state index in [-0.39, 0.29) is 0 Å². The molecule has 98 valence electrons. The quantitative estimate of drug-likeness (QED) is 0.550. The fraction of sp³-hybridized carbons (Fsp3) is 0.0625. The molecule has 3 rings (SSSR count). The third-order valence-electron chi connectivity index (χ3n) is 2.95. The molecule has 0 unspecified atom stereocenters. The van der Waals surface area contributed by atoms with Crippen LogP contribution in [0.1, 0.15) is 5.56 Å². The van der Waals surface area contributed by atoms with Gasteiger partial charge in [-0.25, -0.2) is 9.55 Å². The second-order valence-corrected chi connectivity index (χ2v) is 4.43. The first-order valence-corrected chi connectivity index (χ1v) is 6.49. The van der Waals surface area contributed by atoms with Crippen molar-refractivity contribution in [2.24, 2.45) is 10.2 Å². The number of aromatic amines is 1. The minimum absolute atomic E-state index is 0.734. The van der Waals surface area contributed by atoms with E-state index in [0.717, 1.165) is 18.2 Å². The monoisotopic (exact) mass is 263 g/mol. The van der Waals surface area contributed by atoms with E-state index < -0.39 is 0 Å². The number of benzene rings is 2. The van der Waals surface area contributed by atoms with Crippen molar-refractivity contribution >= 4 is 11.6 Å². The molecule has 0 saturated heterocycles. The van der Waals surface area contributed by atoms with Crippen LogP contribution >= 0.6 is 0 Å². The first-order chi connectivity index (χ1) is 9.92. The maximum absolute atomic E-state index is 4.27. The lowest BCUT2D eigenvalue weighted by Crippen LogP contribution is -2.31. The molecule has 1 heterocycles. The van der Waals surface area contributed by atoms with E-state index in [2.05, 4.69) is 27.3 Å². The summed E-state index contributed by atoms with van der Waals surface area (Å²) in [4.78, 5) is 3.10. The molecule has 0 aliphatic heterocycles. The Bertz CT molecular complexity index is 687. The van der Waals surface area contributed by atoms with Crippen molar-refractivity contribution < 1.29 is 4.57 Å². The lowest BCUT2D eigenvalue weighted by Gasteiger charge is -1.98. The highest BCUT2D eigenvalue weighted by atomic mass is 15.3. The van der Waals surface area contributed by atoms with Gasteiger partial charge in [-0.3, -0.25) is 0 Å². The highest BCUT2D eigenvalue weighted by Crippen LogP contribution is 2.13. The van der Waals surface area contributed by atoms with Crippen molar-refractivity contribution in [3.05, 3.63) is 78.6 Å². The molecule has 0 saturated carbocycles. The number of H-pyrrole nitrogens is 1. The molecule has 2 aromatic carbocycles. The van der Waals surface area contributed by atoms with E-state index >= 15 is 0 Å².